The smallest absolute Gasteiger partial charge is 0.251 e. The third-order valence-electron chi connectivity index (χ3n) is 4.74. The van der Waals surface area contributed by atoms with Crippen LogP contribution >= 0.6 is 0 Å². The summed E-state index contributed by atoms with van der Waals surface area (Å²) in [6.07, 6.45) is 0.568. The number of piperazine rings is 1. The van der Waals surface area contributed by atoms with Gasteiger partial charge in [-0.2, -0.15) is 4.68 Å². The summed E-state index contributed by atoms with van der Waals surface area (Å²) in [4.78, 5) is 16.6. The summed E-state index contributed by atoms with van der Waals surface area (Å²) in [5, 5.41) is 12.1. The molecule has 1 aromatic carbocycles. The van der Waals surface area contributed by atoms with Gasteiger partial charge >= 0.3 is 0 Å². The molecule has 1 aliphatic rings. The van der Waals surface area contributed by atoms with Crippen LogP contribution in [0.3, 0.4) is 0 Å². The van der Waals surface area contributed by atoms with E-state index in [0.717, 1.165) is 12.1 Å². The third kappa shape index (κ3) is 4.82. The van der Waals surface area contributed by atoms with Crippen LogP contribution in [-0.4, -0.2) is 69.9 Å². The summed E-state index contributed by atoms with van der Waals surface area (Å²) < 4.78 is 7.43. The molecule has 3 rings (SSSR count). The second-order valence-corrected chi connectivity index (χ2v) is 7.23. The van der Waals surface area contributed by atoms with Crippen molar-refractivity contribution in [1.82, 2.24) is 25.1 Å². The van der Waals surface area contributed by atoms with Crippen molar-refractivity contribution < 1.29 is 9.53 Å². The zero-order chi connectivity index (χ0) is 19.2. The fourth-order valence-electron chi connectivity index (χ4n) is 3.05. The average molecular weight is 372 g/mol. The monoisotopic (exact) mass is 372 g/mol. The number of aromatic nitrogens is 4. The number of hydrogen-bond donors (Lipinski definition) is 0. The molecule has 8 nitrogen and oxygen atoms in total. The van der Waals surface area contributed by atoms with Crippen molar-refractivity contribution in [2.45, 2.75) is 33.3 Å². The minimum absolute atomic E-state index is 0.0565. The van der Waals surface area contributed by atoms with Gasteiger partial charge in [0, 0.05) is 32.8 Å². The van der Waals surface area contributed by atoms with E-state index in [1.165, 1.54) is 0 Å². The van der Waals surface area contributed by atoms with E-state index in [2.05, 4.69) is 34.3 Å². The Morgan fingerprint density at radius 1 is 1.11 bits per heavy atom. The first-order valence-electron chi connectivity index (χ1n) is 9.55. The van der Waals surface area contributed by atoms with E-state index >= 15 is 0 Å². The molecule has 1 aromatic heterocycles. The van der Waals surface area contributed by atoms with Crippen LogP contribution < -0.4 is 4.90 Å². The number of benzene rings is 1. The van der Waals surface area contributed by atoms with Crippen LogP contribution in [0.4, 0.5) is 5.95 Å². The number of amides is 1. The average Bonchev–Trinajstić information content (AvgIpc) is 3.17. The van der Waals surface area contributed by atoms with Crippen LogP contribution in [0.5, 0.6) is 0 Å². The lowest BCUT2D eigenvalue weighted by molar-refractivity contribution is -0.143. The number of anilines is 1. The number of tetrazole rings is 1. The minimum Gasteiger partial charge on any atom is -0.369 e. The molecule has 27 heavy (non-hydrogen) atoms. The Balaban J connectivity index is 1.55. The van der Waals surface area contributed by atoms with E-state index in [0.29, 0.717) is 44.7 Å². The van der Waals surface area contributed by atoms with E-state index in [1.54, 1.807) is 4.68 Å². The molecular formula is C19H28N6O2. The molecule has 0 bridgehead atoms. The number of ether oxygens (including phenoxy) is 1. The zero-order valence-electron chi connectivity index (χ0n) is 16.3. The molecule has 0 N–H and O–H groups in total. The summed E-state index contributed by atoms with van der Waals surface area (Å²) in [7, 11) is 0. The van der Waals surface area contributed by atoms with Crippen LogP contribution in [0.2, 0.25) is 0 Å². The van der Waals surface area contributed by atoms with Gasteiger partial charge in [0.1, 0.15) is 6.10 Å². The largest absolute Gasteiger partial charge is 0.369 e. The van der Waals surface area contributed by atoms with Gasteiger partial charge in [0.25, 0.3) is 5.91 Å². The highest BCUT2D eigenvalue weighted by molar-refractivity contribution is 5.80. The van der Waals surface area contributed by atoms with Gasteiger partial charge in [-0.25, -0.2) is 0 Å². The summed E-state index contributed by atoms with van der Waals surface area (Å²) in [5.41, 5.74) is 0.920. The maximum Gasteiger partial charge on any atom is 0.251 e. The van der Waals surface area contributed by atoms with Gasteiger partial charge < -0.3 is 14.5 Å². The normalized spacial score (nSPS) is 16.0. The topological polar surface area (TPSA) is 76.4 Å². The highest BCUT2D eigenvalue weighted by Gasteiger charge is 2.27. The Labute approximate surface area is 160 Å². The Morgan fingerprint density at radius 2 is 1.81 bits per heavy atom. The van der Waals surface area contributed by atoms with Gasteiger partial charge in [0.15, 0.2) is 0 Å². The van der Waals surface area contributed by atoms with E-state index in [4.69, 9.17) is 4.74 Å². The van der Waals surface area contributed by atoms with Crippen LogP contribution in [0, 0.1) is 5.92 Å². The van der Waals surface area contributed by atoms with Gasteiger partial charge in [-0.15, -0.1) is 0 Å². The summed E-state index contributed by atoms with van der Waals surface area (Å²) in [6.45, 7) is 9.42. The lowest BCUT2D eigenvalue weighted by Gasteiger charge is -2.35. The van der Waals surface area contributed by atoms with Crippen molar-refractivity contribution in [2.24, 2.45) is 5.92 Å². The first-order valence-corrected chi connectivity index (χ1v) is 9.55. The van der Waals surface area contributed by atoms with Crippen molar-refractivity contribution in [3.8, 4) is 5.69 Å². The van der Waals surface area contributed by atoms with Crippen molar-refractivity contribution >= 4 is 11.9 Å². The first-order chi connectivity index (χ1) is 13.1. The summed E-state index contributed by atoms with van der Waals surface area (Å²) in [5.74, 6) is 1.34. The molecule has 0 aliphatic carbocycles. The zero-order valence-corrected chi connectivity index (χ0v) is 16.3. The lowest BCUT2D eigenvalue weighted by Crippen LogP contribution is -2.52. The molecule has 146 valence electrons. The van der Waals surface area contributed by atoms with Crippen LogP contribution in [-0.2, 0) is 9.53 Å². The molecular weight excluding hydrogens is 344 g/mol. The van der Waals surface area contributed by atoms with E-state index < -0.39 is 6.10 Å². The molecule has 8 heteroatoms. The number of rotatable bonds is 7. The third-order valence-corrected chi connectivity index (χ3v) is 4.74. The van der Waals surface area contributed by atoms with Gasteiger partial charge in [0.2, 0.25) is 5.95 Å². The predicted molar refractivity (Wildman–Crippen MR) is 103 cm³/mol. The highest BCUT2D eigenvalue weighted by atomic mass is 16.5. The molecule has 1 saturated heterocycles. The number of hydrogen-bond acceptors (Lipinski definition) is 6. The first kappa shape index (κ1) is 19.3. The van der Waals surface area contributed by atoms with Crippen molar-refractivity contribution in [3.05, 3.63) is 30.3 Å². The van der Waals surface area contributed by atoms with Gasteiger partial charge in [-0.3, -0.25) is 4.79 Å². The Kier molecular flexibility index (Phi) is 6.39. The van der Waals surface area contributed by atoms with Crippen molar-refractivity contribution in [3.63, 3.8) is 0 Å². The second kappa shape index (κ2) is 8.94. The standard InChI is InChI=1S/C19H28N6O2/c1-15(2)9-14-27-16(3)18(26)23-10-12-24(13-11-23)19-20-21-22-25(19)17-7-5-4-6-8-17/h4-8,15-16H,9-14H2,1-3H3. The van der Waals surface area contributed by atoms with Crippen molar-refractivity contribution in [2.75, 3.05) is 37.7 Å². The molecule has 2 heterocycles. The van der Waals surface area contributed by atoms with Gasteiger partial charge in [-0.1, -0.05) is 37.1 Å². The quantitative estimate of drug-likeness (QED) is 0.737. The number of carbonyl (C=O) groups excluding carboxylic acids is 1. The molecule has 1 unspecified atom stereocenters. The van der Waals surface area contributed by atoms with Gasteiger partial charge in [-0.05, 0) is 41.8 Å². The predicted octanol–water partition coefficient (Wildman–Crippen LogP) is 1.76. The number of nitrogens with zero attached hydrogens (tertiary/aromatic N) is 6. The fourth-order valence-corrected chi connectivity index (χ4v) is 3.05. The summed E-state index contributed by atoms with van der Waals surface area (Å²) >= 11 is 0. The molecule has 0 saturated carbocycles. The van der Waals surface area contributed by atoms with Crippen LogP contribution in [0.1, 0.15) is 27.2 Å². The second-order valence-electron chi connectivity index (χ2n) is 7.23. The maximum absolute atomic E-state index is 12.6. The Hall–Kier alpha value is -2.48. The molecule has 2 aromatic rings. The molecule has 0 radical (unpaired) electrons. The number of para-hydroxylation sites is 1. The molecule has 1 fully saturated rings. The molecule has 1 aliphatic heterocycles. The molecule has 0 spiro atoms. The SMILES string of the molecule is CC(C)CCOC(C)C(=O)N1CCN(c2nnnn2-c2ccccc2)CC1. The fraction of sp³-hybridized carbons (Fsp3) is 0.579. The lowest BCUT2D eigenvalue weighted by atomic mass is 10.1. The molecule has 1 atom stereocenters. The van der Waals surface area contributed by atoms with E-state index in [1.807, 2.05) is 42.2 Å². The molecule has 1 amide bonds. The summed E-state index contributed by atoms with van der Waals surface area (Å²) in [6, 6.07) is 9.81. The van der Waals surface area contributed by atoms with E-state index in [9.17, 15) is 4.79 Å². The highest BCUT2D eigenvalue weighted by Crippen LogP contribution is 2.17. The Bertz CT molecular complexity index is 725. The minimum atomic E-state index is -0.398. The maximum atomic E-state index is 12.6. The van der Waals surface area contributed by atoms with E-state index in [-0.39, 0.29) is 5.91 Å². The Morgan fingerprint density at radius 3 is 2.48 bits per heavy atom. The van der Waals surface area contributed by atoms with Crippen LogP contribution in [0.25, 0.3) is 5.69 Å². The number of carbonyl (C=O) groups is 1. The van der Waals surface area contributed by atoms with Crippen LogP contribution in [0.15, 0.2) is 30.3 Å². The van der Waals surface area contributed by atoms with Gasteiger partial charge in [0.05, 0.1) is 5.69 Å². The van der Waals surface area contributed by atoms with Crippen molar-refractivity contribution in [1.29, 1.82) is 0 Å².